The highest BCUT2D eigenvalue weighted by atomic mass is 16.5. The Labute approximate surface area is 199 Å². The number of aliphatic hydroxyl groups is 1. The normalized spacial score (nSPS) is 14.9. The zero-order chi connectivity index (χ0) is 24.7. The van der Waals surface area contributed by atoms with Crippen molar-refractivity contribution >= 4 is 18.0 Å². The van der Waals surface area contributed by atoms with E-state index in [1.165, 1.54) is 18.1 Å². The van der Waals surface area contributed by atoms with Gasteiger partial charge in [0.2, 0.25) is 5.91 Å². The van der Waals surface area contributed by atoms with E-state index in [0.29, 0.717) is 13.0 Å². The number of rotatable bonds is 11. The van der Waals surface area contributed by atoms with Crippen LogP contribution in [-0.2, 0) is 14.3 Å². The van der Waals surface area contributed by atoms with Crippen molar-refractivity contribution in [2.45, 2.75) is 44.6 Å². The van der Waals surface area contributed by atoms with Crippen LogP contribution in [0.15, 0.2) is 48.5 Å². The lowest BCUT2D eigenvalue weighted by Crippen LogP contribution is -2.42. The third-order valence-corrected chi connectivity index (χ3v) is 5.98. The minimum absolute atomic E-state index is 0.000827. The molecule has 8 heteroatoms. The van der Waals surface area contributed by atoms with Gasteiger partial charge in [-0.05, 0) is 41.5 Å². The molecule has 0 bridgehead atoms. The van der Waals surface area contributed by atoms with Gasteiger partial charge in [0.1, 0.15) is 6.61 Å². The van der Waals surface area contributed by atoms with Crippen molar-refractivity contribution in [2.24, 2.45) is 5.92 Å². The smallest absolute Gasteiger partial charge is 0.407 e. The Morgan fingerprint density at radius 1 is 1.03 bits per heavy atom. The van der Waals surface area contributed by atoms with Crippen LogP contribution in [0.5, 0.6) is 0 Å². The molecule has 3 rings (SSSR count). The fourth-order valence-corrected chi connectivity index (χ4v) is 4.24. The molecule has 1 aliphatic carbocycles. The lowest BCUT2D eigenvalue weighted by molar-refractivity contribution is -0.142. The number of benzene rings is 2. The molecule has 0 spiro atoms. The van der Waals surface area contributed by atoms with E-state index in [0.717, 1.165) is 11.1 Å². The molecular weight excluding hydrogens is 436 g/mol. The van der Waals surface area contributed by atoms with Gasteiger partial charge in [0.25, 0.3) is 0 Å². The average molecular weight is 469 g/mol. The Bertz CT molecular complexity index is 990. The summed E-state index contributed by atoms with van der Waals surface area (Å²) in [4.78, 5) is 35.0. The standard InChI is InChI=1S/C26H32N2O6/c1-17(13-23(29)28-16-26(2,33)14-24(30)31)11-12-27-25(32)34-15-22-20-9-5-3-7-18(20)19-8-4-6-10-21(19)22/h3-10,17,22,33H,11-16H2,1-2H3,(H,27,32)(H,28,29)(H,30,31). The highest BCUT2D eigenvalue weighted by Crippen LogP contribution is 2.44. The van der Waals surface area contributed by atoms with Crippen molar-refractivity contribution in [1.29, 1.82) is 0 Å². The van der Waals surface area contributed by atoms with Crippen LogP contribution in [0.2, 0.25) is 0 Å². The van der Waals surface area contributed by atoms with E-state index >= 15 is 0 Å². The van der Waals surface area contributed by atoms with Gasteiger partial charge in [0.05, 0.1) is 12.0 Å². The predicted octanol–water partition coefficient (Wildman–Crippen LogP) is 3.28. The Kier molecular flexibility index (Phi) is 8.28. The monoisotopic (exact) mass is 468 g/mol. The Morgan fingerprint density at radius 2 is 1.62 bits per heavy atom. The van der Waals surface area contributed by atoms with Crippen LogP contribution in [0.3, 0.4) is 0 Å². The van der Waals surface area contributed by atoms with Gasteiger partial charge in [-0.25, -0.2) is 4.79 Å². The van der Waals surface area contributed by atoms with E-state index in [1.807, 2.05) is 31.2 Å². The Morgan fingerprint density at radius 3 is 2.21 bits per heavy atom. The van der Waals surface area contributed by atoms with E-state index in [1.54, 1.807) is 0 Å². The van der Waals surface area contributed by atoms with Gasteiger partial charge in [0, 0.05) is 25.4 Å². The minimum Gasteiger partial charge on any atom is -0.481 e. The van der Waals surface area contributed by atoms with Gasteiger partial charge < -0.3 is 25.6 Å². The molecule has 0 heterocycles. The number of carbonyl (C=O) groups excluding carboxylic acids is 2. The number of carboxylic acid groups (broad SMARTS) is 1. The summed E-state index contributed by atoms with van der Waals surface area (Å²) in [7, 11) is 0. The second kappa shape index (κ2) is 11.2. The van der Waals surface area contributed by atoms with Crippen molar-refractivity contribution in [3.05, 3.63) is 59.7 Å². The summed E-state index contributed by atoms with van der Waals surface area (Å²) in [6, 6.07) is 16.3. The van der Waals surface area contributed by atoms with Crippen LogP contribution >= 0.6 is 0 Å². The first kappa shape index (κ1) is 25.2. The number of ether oxygens (including phenoxy) is 1. The van der Waals surface area contributed by atoms with Crippen LogP contribution in [0.4, 0.5) is 4.79 Å². The lowest BCUT2D eigenvalue weighted by atomic mass is 9.98. The number of fused-ring (bicyclic) bond motifs is 3. The SMILES string of the molecule is CC(CCNC(=O)OCC1c2ccccc2-c2ccccc21)CC(=O)NCC(C)(O)CC(=O)O. The molecule has 4 N–H and O–H groups in total. The number of nitrogens with one attached hydrogen (secondary N) is 2. The predicted molar refractivity (Wildman–Crippen MR) is 127 cm³/mol. The number of carbonyl (C=O) groups is 3. The van der Waals surface area contributed by atoms with Crippen molar-refractivity contribution < 1.29 is 29.3 Å². The lowest BCUT2D eigenvalue weighted by Gasteiger charge is -2.22. The fourth-order valence-electron chi connectivity index (χ4n) is 4.24. The molecule has 1 aliphatic rings. The van der Waals surface area contributed by atoms with E-state index < -0.39 is 24.1 Å². The second-order valence-electron chi connectivity index (χ2n) is 9.19. The molecule has 0 saturated heterocycles. The zero-order valence-electron chi connectivity index (χ0n) is 19.5. The molecular formula is C26H32N2O6. The average Bonchev–Trinajstić information content (AvgIpc) is 3.09. The molecule has 2 amide bonds. The maximum Gasteiger partial charge on any atom is 0.407 e. The number of alkyl carbamates (subject to hydrolysis) is 1. The quantitative estimate of drug-likeness (QED) is 0.401. The third-order valence-electron chi connectivity index (χ3n) is 5.98. The molecule has 34 heavy (non-hydrogen) atoms. The highest BCUT2D eigenvalue weighted by Gasteiger charge is 2.29. The largest absolute Gasteiger partial charge is 0.481 e. The van der Waals surface area contributed by atoms with Crippen LogP contribution in [-0.4, -0.2) is 53.5 Å². The summed E-state index contributed by atoms with van der Waals surface area (Å²) in [6.45, 7) is 3.72. The van der Waals surface area contributed by atoms with Gasteiger partial charge in [-0.1, -0.05) is 55.5 Å². The molecule has 2 unspecified atom stereocenters. The van der Waals surface area contributed by atoms with Gasteiger partial charge in [-0.3, -0.25) is 9.59 Å². The Hall–Kier alpha value is -3.39. The van der Waals surface area contributed by atoms with E-state index in [9.17, 15) is 19.5 Å². The van der Waals surface area contributed by atoms with E-state index in [2.05, 4.69) is 34.9 Å². The van der Waals surface area contributed by atoms with Crippen LogP contribution in [0.1, 0.15) is 50.2 Å². The van der Waals surface area contributed by atoms with Crippen molar-refractivity contribution in [3.63, 3.8) is 0 Å². The second-order valence-corrected chi connectivity index (χ2v) is 9.19. The van der Waals surface area contributed by atoms with Gasteiger partial charge >= 0.3 is 12.1 Å². The summed E-state index contributed by atoms with van der Waals surface area (Å²) in [5, 5.41) is 24.0. The maximum atomic E-state index is 12.2. The first-order valence-electron chi connectivity index (χ1n) is 11.5. The molecule has 0 saturated carbocycles. The third kappa shape index (κ3) is 6.81. The summed E-state index contributed by atoms with van der Waals surface area (Å²) in [5.74, 6) is -1.43. The number of hydrogen-bond acceptors (Lipinski definition) is 5. The molecule has 2 aromatic carbocycles. The molecule has 0 aliphatic heterocycles. The summed E-state index contributed by atoms with van der Waals surface area (Å²) < 4.78 is 5.51. The summed E-state index contributed by atoms with van der Waals surface area (Å²) in [5.41, 5.74) is 3.14. The number of aliphatic carboxylic acids is 1. The van der Waals surface area contributed by atoms with Gasteiger partial charge in [-0.2, -0.15) is 0 Å². The Balaban J connectivity index is 1.38. The minimum atomic E-state index is -1.50. The number of carboxylic acids is 1. The van der Waals surface area contributed by atoms with Gasteiger partial charge in [0.15, 0.2) is 0 Å². The molecule has 182 valence electrons. The zero-order valence-corrected chi connectivity index (χ0v) is 19.5. The molecule has 2 aromatic rings. The number of hydrogen-bond donors (Lipinski definition) is 4. The van der Waals surface area contributed by atoms with Crippen molar-refractivity contribution in [2.75, 3.05) is 19.7 Å². The van der Waals surface area contributed by atoms with Crippen LogP contribution in [0, 0.1) is 5.92 Å². The molecule has 0 radical (unpaired) electrons. The fraction of sp³-hybridized carbons (Fsp3) is 0.423. The molecule has 0 fully saturated rings. The van der Waals surface area contributed by atoms with E-state index in [-0.39, 0.29) is 37.3 Å². The van der Waals surface area contributed by atoms with Crippen molar-refractivity contribution in [1.82, 2.24) is 10.6 Å². The van der Waals surface area contributed by atoms with E-state index in [4.69, 9.17) is 9.84 Å². The topological polar surface area (TPSA) is 125 Å². The maximum absolute atomic E-state index is 12.2. The number of amides is 2. The molecule has 0 aromatic heterocycles. The molecule has 8 nitrogen and oxygen atoms in total. The van der Waals surface area contributed by atoms with Crippen LogP contribution < -0.4 is 10.6 Å². The van der Waals surface area contributed by atoms with Crippen LogP contribution in [0.25, 0.3) is 11.1 Å². The van der Waals surface area contributed by atoms with Crippen molar-refractivity contribution in [3.8, 4) is 11.1 Å². The van der Waals surface area contributed by atoms with Gasteiger partial charge in [-0.15, -0.1) is 0 Å². The summed E-state index contributed by atoms with van der Waals surface area (Å²) >= 11 is 0. The first-order chi connectivity index (χ1) is 16.2. The summed E-state index contributed by atoms with van der Waals surface area (Å²) in [6.07, 6.45) is -0.172. The highest BCUT2D eigenvalue weighted by molar-refractivity contribution is 5.79. The first-order valence-corrected chi connectivity index (χ1v) is 11.5. The molecule has 2 atom stereocenters.